The van der Waals surface area contributed by atoms with Gasteiger partial charge in [0, 0.05) is 61.0 Å². The predicted octanol–water partition coefficient (Wildman–Crippen LogP) is 9.82. The third-order valence-electron chi connectivity index (χ3n) is 15.5. The van der Waals surface area contributed by atoms with Gasteiger partial charge in [0.15, 0.2) is 19.0 Å². The Labute approximate surface area is 545 Å². The third kappa shape index (κ3) is 25.3. The van der Waals surface area contributed by atoms with E-state index in [2.05, 4.69) is 72.4 Å². The quantitative estimate of drug-likeness (QED) is 0.0237. The first-order valence-electron chi connectivity index (χ1n) is 31.9. The molecule has 0 aliphatic carbocycles. The molecule has 4 unspecified atom stereocenters. The molecule has 24 nitrogen and oxygen atoms in total. The number of carboxylic acids is 1. The van der Waals surface area contributed by atoms with Crippen molar-refractivity contribution in [2.24, 2.45) is 17.6 Å². The molecule has 2 fully saturated rings. The van der Waals surface area contributed by atoms with Crippen molar-refractivity contribution in [3.63, 3.8) is 0 Å². The molecule has 512 valence electrons. The fourth-order valence-electron chi connectivity index (χ4n) is 10.5. The number of piperidine rings is 2. The van der Waals surface area contributed by atoms with E-state index in [1.807, 2.05) is 48.5 Å². The van der Waals surface area contributed by atoms with Crippen LogP contribution in [-0.2, 0) is 22.7 Å². The molecule has 5 aliphatic rings. The predicted molar refractivity (Wildman–Crippen MR) is 342 cm³/mol. The highest BCUT2D eigenvalue weighted by Crippen LogP contribution is 2.26. The Morgan fingerprint density at radius 3 is 2.02 bits per heavy atom. The fraction of sp³-hybridized carbons (Fsp3) is 0.477. The van der Waals surface area contributed by atoms with Crippen LogP contribution in [0, 0.1) is 11.8 Å². The van der Waals surface area contributed by atoms with Gasteiger partial charge in [0.2, 0.25) is 23.8 Å². The number of aliphatic carboxylic acids is 1. The summed E-state index contributed by atoms with van der Waals surface area (Å²) in [5.74, 6) is -0.931. The SMILES string of the molecule is NCCCCCCOc1ccc(CNc2nc(Nc3ccc(C(=O)NC(C(=O)O)C4CCCNC4)cc3)nc(OCC(F)(F)F)n2)cc1.O=C1NC(C2CCCNC2)C(=O)CCCCCCCOc2ccc(cc2)CNc2nc(nc(OCC(F)(F)F)n2)Nc2ccc1cc2. The number of amides is 2. The molecule has 2 saturated heterocycles. The van der Waals surface area contributed by atoms with Gasteiger partial charge in [0.25, 0.3) is 11.8 Å². The van der Waals surface area contributed by atoms with Gasteiger partial charge in [-0.3, -0.25) is 14.4 Å². The fourth-order valence-corrected chi connectivity index (χ4v) is 10.5. The number of ether oxygens (including phenoxy) is 4. The van der Waals surface area contributed by atoms with Gasteiger partial charge >= 0.3 is 30.3 Å². The Balaban J connectivity index is 0.000000243. The number of hydrogen-bond acceptors (Lipinski definition) is 21. The van der Waals surface area contributed by atoms with E-state index in [1.165, 1.54) is 24.3 Å². The van der Waals surface area contributed by atoms with Crippen molar-refractivity contribution in [3.8, 4) is 23.5 Å². The summed E-state index contributed by atoms with van der Waals surface area (Å²) in [5.41, 5.74) is 8.69. The minimum atomic E-state index is -4.61. The maximum atomic E-state index is 13.4. The van der Waals surface area contributed by atoms with Gasteiger partial charge in [0.1, 0.15) is 17.5 Å². The number of carboxylic acid groups (broad SMARTS) is 1. The van der Waals surface area contributed by atoms with Crippen molar-refractivity contribution in [1.29, 1.82) is 0 Å². The highest BCUT2D eigenvalue weighted by molar-refractivity contribution is 5.98. The van der Waals surface area contributed by atoms with Gasteiger partial charge in [-0.1, -0.05) is 56.4 Å². The summed E-state index contributed by atoms with van der Waals surface area (Å²) in [6.45, 7) is 2.09. The average Bonchev–Trinajstić information content (AvgIpc) is 0.952. The van der Waals surface area contributed by atoms with Crippen LogP contribution in [0.2, 0.25) is 0 Å². The van der Waals surface area contributed by atoms with E-state index in [0.717, 1.165) is 113 Å². The summed E-state index contributed by atoms with van der Waals surface area (Å²) < 4.78 is 98.4. The largest absolute Gasteiger partial charge is 0.494 e. The number of rotatable bonds is 21. The average molecular weight is 1330 g/mol. The van der Waals surface area contributed by atoms with Crippen LogP contribution in [0.4, 0.5) is 61.5 Å². The molecule has 30 heteroatoms. The molecule has 0 spiro atoms. The Kier molecular flexibility index (Phi) is 27.5. The van der Waals surface area contributed by atoms with Crippen molar-refractivity contribution >= 4 is 58.7 Å². The number of benzene rings is 4. The highest BCUT2D eigenvalue weighted by atomic mass is 19.4. The number of unbranched alkanes of at least 4 members (excludes halogenated alkanes) is 3. The molecule has 0 radical (unpaired) electrons. The second-order valence-electron chi connectivity index (χ2n) is 23.1. The van der Waals surface area contributed by atoms with E-state index in [9.17, 15) is 50.6 Å². The normalized spacial score (nSPS) is 17.8. The maximum absolute atomic E-state index is 13.4. The van der Waals surface area contributed by atoms with Crippen molar-refractivity contribution < 1.29 is 69.6 Å². The monoisotopic (exact) mass is 1330 g/mol. The first-order valence-corrected chi connectivity index (χ1v) is 31.9. The lowest BCUT2D eigenvalue weighted by Crippen LogP contribution is -2.50. The first-order chi connectivity index (χ1) is 45.8. The number of alkyl halides is 6. The summed E-state index contributed by atoms with van der Waals surface area (Å²) in [4.78, 5) is 75.8. The Morgan fingerprint density at radius 2 is 1.35 bits per heavy atom. The van der Waals surface area contributed by atoms with Crippen molar-refractivity contribution in [1.82, 2.24) is 51.2 Å². The number of fused-ring (bicyclic) bond motifs is 2. The van der Waals surface area contributed by atoms with E-state index in [4.69, 9.17) is 24.7 Å². The van der Waals surface area contributed by atoms with Gasteiger partial charge in [-0.05, 0) is 161 Å². The molecule has 2 aromatic heterocycles. The zero-order valence-electron chi connectivity index (χ0n) is 52.5. The lowest BCUT2D eigenvalue weighted by molar-refractivity contribution is -0.155. The zero-order valence-corrected chi connectivity index (χ0v) is 52.5. The summed E-state index contributed by atoms with van der Waals surface area (Å²) in [6, 6.07) is 24.6. The molecule has 95 heavy (non-hydrogen) atoms. The second kappa shape index (κ2) is 36.5. The van der Waals surface area contributed by atoms with Crippen LogP contribution in [-0.4, -0.2) is 142 Å². The lowest BCUT2D eigenvalue weighted by Gasteiger charge is -2.30. The van der Waals surface area contributed by atoms with Crippen LogP contribution in [0.1, 0.15) is 122 Å². The Bertz CT molecular complexity index is 3370. The molecule has 0 saturated carbocycles. The van der Waals surface area contributed by atoms with E-state index >= 15 is 0 Å². The zero-order chi connectivity index (χ0) is 67.4. The summed E-state index contributed by atoms with van der Waals surface area (Å²) in [7, 11) is 0. The van der Waals surface area contributed by atoms with Gasteiger partial charge in [-0.25, -0.2) is 4.79 Å². The molecule has 7 heterocycles. The van der Waals surface area contributed by atoms with Crippen molar-refractivity contribution in [2.45, 2.75) is 127 Å². The lowest BCUT2D eigenvalue weighted by atomic mass is 9.87. The number of nitrogens with zero attached hydrogens (tertiary/aromatic N) is 6. The molecular weight excluding hydrogens is 1250 g/mol. The number of aromatic nitrogens is 6. The van der Waals surface area contributed by atoms with Crippen LogP contribution in [0.25, 0.3) is 0 Å². The van der Waals surface area contributed by atoms with Gasteiger partial charge in [0.05, 0.1) is 19.3 Å². The number of hydrogen-bond donors (Lipinski definition) is 10. The van der Waals surface area contributed by atoms with E-state index in [0.29, 0.717) is 62.6 Å². The number of carbonyl (C=O) groups excluding carboxylic acids is 3. The first kappa shape index (κ1) is 71.7. The molecular formula is C65H81F6N15O9. The molecule has 11 rings (SSSR count). The maximum Gasteiger partial charge on any atom is 0.422 e. The molecule has 5 aliphatic heterocycles. The number of Topliss-reactive ketones (excluding diaryl/α,β-unsaturated/α-hetero) is 1. The minimum Gasteiger partial charge on any atom is -0.494 e. The topological polar surface area (TPSA) is 325 Å². The van der Waals surface area contributed by atoms with Gasteiger partial charge in [-0.15, -0.1) is 0 Å². The number of nitrogens with two attached hydrogens (primary N) is 1. The van der Waals surface area contributed by atoms with Crippen molar-refractivity contribution in [2.75, 3.05) is 80.4 Å². The van der Waals surface area contributed by atoms with Crippen LogP contribution in [0.3, 0.4) is 0 Å². The molecule has 4 atom stereocenters. The molecule has 2 amide bonds. The molecule has 6 bridgehead atoms. The van der Waals surface area contributed by atoms with E-state index < -0.39 is 61.5 Å². The number of nitrogens with one attached hydrogen (secondary N) is 8. The van der Waals surface area contributed by atoms with Crippen LogP contribution in [0.15, 0.2) is 97.1 Å². The molecule has 6 aromatic rings. The highest BCUT2D eigenvalue weighted by Gasteiger charge is 2.34. The summed E-state index contributed by atoms with van der Waals surface area (Å²) in [5, 5.41) is 33.6. The van der Waals surface area contributed by atoms with Crippen molar-refractivity contribution in [3.05, 3.63) is 119 Å². The van der Waals surface area contributed by atoms with Gasteiger partial charge in [-0.2, -0.15) is 56.2 Å². The standard InChI is InChI=1S/C33H40F3N7O4.C32H41F3N8O5/c34-33(35,36)21-47-32-42-30-38-19-22-9-15-26(16-10-22)46-18-5-3-1-2-4-8-27(44)28(24-7-6-17-37-20-24)40-29(45)23-11-13-25(14-12-23)39-31(41-30)43-32;33-32(34,35)20-48-31-42-29(38-18-21-7-13-25(14-8-21)47-17-4-2-1-3-15-36)41-30(43-31)39-24-11-9-22(10-12-24)27(44)40-26(28(45)46)23-6-5-16-37-19-23/h9-16,24,28,37H,1-8,17-21H2,(H,40,45)(H2,38,39,41,42,43);7-14,23,26,37H,1-6,15-20,36H2,(H,40,44)(H,45,46)(H2,38,39,41,42,43). The van der Waals surface area contributed by atoms with Crippen LogP contribution < -0.4 is 67.2 Å². The molecule has 11 N–H and O–H groups in total. The van der Waals surface area contributed by atoms with E-state index in [-0.39, 0.29) is 66.0 Å². The summed E-state index contributed by atoms with van der Waals surface area (Å²) in [6.07, 6.45) is 3.13. The second-order valence-corrected chi connectivity index (χ2v) is 23.1. The molecule has 4 aromatic carbocycles. The Morgan fingerprint density at radius 1 is 0.684 bits per heavy atom. The number of anilines is 6. The van der Waals surface area contributed by atoms with Gasteiger partial charge < -0.3 is 72.3 Å². The Hall–Kier alpha value is -9.16. The third-order valence-corrected chi connectivity index (χ3v) is 15.5. The van der Waals surface area contributed by atoms with E-state index in [1.54, 1.807) is 24.3 Å². The van der Waals surface area contributed by atoms with Crippen LogP contribution in [0.5, 0.6) is 23.5 Å². The number of halogens is 6. The smallest absolute Gasteiger partial charge is 0.422 e. The number of ketones is 1. The van der Waals surface area contributed by atoms with Crippen LogP contribution >= 0.6 is 0 Å². The minimum absolute atomic E-state index is 0.00495. The summed E-state index contributed by atoms with van der Waals surface area (Å²) >= 11 is 0. The number of carbonyl (C=O) groups is 4.